The van der Waals surface area contributed by atoms with E-state index < -0.39 is 0 Å². The summed E-state index contributed by atoms with van der Waals surface area (Å²) in [5.41, 5.74) is 0. The van der Waals surface area contributed by atoms with Gasteiger partial charge in [0.15, 0.2) is 0 Å². The smallest absolute Gasteiger partial charge is 0.212 e. The first-order chi connectivity index (χ1) is 7.90. The second-order valence-electron chi connectivity index (χ2n) is 3.18. The van der Waals surface area contributed by atoms with Crippen LogP contribution in [0.1, 0.15) is 0 Å². The molecule has 1 aliphatic rings. The third-order valence-electron chi connectivity index (χ3n) is 2.06. The monoisotopic (exact) mass is 222 g/mol. The van der Waals surface area contributed by atoms with E-state index in [2.05, 4.69) is 10.1 Å². The van der Waals surface area contributed by atoms with Crippen LogP contribution in [0.5, 0.6) is 0 Å². The van der Waals surface area contributed by atoms with Crippen molar-refractivity contribution in [1.29, 1.82) is 0 Å². The number of rotatable bonds is 5. The Morgan fingerprint density at radius 3 is 3.00 bits per heavy atom. The molecule has 6 heteroatoms. The normalized spacial score (nSPS) is 15.1. The minimum atomic E-state index is 0.515. The van der Waals surface area contributed by atoms with Crippen LogP contribution in [-0.4, -0.2) is 43.1 Å². The largest absolute Gasteiger partial charge is 0.475 e. The molecule has 0 aliphatic carbocycles. The Hall–Kier alpha value is -1.82. The Morgan fingerprint density at radius 2 is 2.38 bits per heavy atom. The summed E-state index contributed by atoms with van der Waals surface area (Å²) >= 11 is 0. The Morgan fingerprint density at radius 1 is 1.44 bits per heavy atom. The van der Waals surface area contributed by atoms with Crippen molar-refractivity contribution in [2.24, 2.45) is 4.99 Å². The molecular weight excluding hydrogens is 208 g/mol. The summed E-state index contributed by atoms with van der Waals surface area (Å²) in [4.78, 5) is 5.88. The third kappa shape index (κ3) is 2.60. The van der Waals surface area contributed by atoms with Gasteiger partial charge >= 0.3 is 0 Å². The van der Waals surface area contributed by atoms with E-state index in [9.17, 15) is 0 Å². The van der Waals surface area contributed by atoms with Crippen molar-refractivity contribution in [2.45, 2.75) is 0 Å². The summed E-state index contributed by atoms with van der Waals surface area (Å²) in [6.45, 7) is 1.77. The highest BCUT2D eigenvalue weighted by Gasteiger charge is 2.07. The third-order valence-corrected chi connectivity index (χ3v) is 2.06. The highest BCUT2D eigenvalue weighted by Crippen LogP contribution is 2.04. The Bertz CT molecular complexity index is 372. The minimum absolute atomic E-state index is 0.515. The van der Waals surface area contributed by atoms with Crippen LogP contribution in [0.3, 0.4) is 0 Å². The molecule has 0 unspecified atom stereocenters. The van der Waals surface area contributed by atoms with Crippen LogP contribution < -0.4 is 5.01 Å². The number of aromatic nitrogens is 2. The van der Waals surface area contributed by atoms with Crippen molar-refractivity contribution in [2.75, 3.05) is 31.9 Å². The molecule has 1 aromatic heterocycles. The Balaban J connectivity index is 1.84. The molecule has 0 atom stereocenters. The molecule has 86 valence electrons. The minimum Gasteiger partial charge on any atom is -0.475 e. The van der Waals surface area contributed by atoms with Crippen LogP contribution in [0.2, 0.25) is 0 Å². The summed E-state index contributed by atoms with van der Waals surface area (Å²) in [6.07, 6.45) is 7.17. The lowest BCUT2D eigenvalue weighted by Gasteiger charge is -2.20. The van der Waals surface area contributed by atoms with Crippen LogP contribution >= 0.6 is 0 Å². The molecule has 1 aromatic rings. The standard InChI is InChI=1S/C10H14N4O2/c1-15-7-8-16-10-3-6-13(9-11-10)14-5-2-4-12-14/h2-5,9H,6-8H2,1H3. The van der Waals surface area contributed by atoms with E-state index in [-0.39, 0.29) is 0 Å². The molecule has 0 spiro atoms. The van der Waals surface area contributed by atoms with Gasteiger partial charge in [0.05, 0.1) is 19.3 Å². The predicted octanol–water partition coefficient (Wildman–Crippen LogP) is 0.367. The van der Waals surface area contributed by atoms with Crippen molar-refractivity contribution in [3.63, 3.8) is 0 Å². The molecule has 0 saturated carbocycles. The second-order valence-corrected chi connectivity index (χ2v) is 3.18. The van der Waals surface area contributed by atoms with Crippen LogP contribution in [0.25, 0.3) is 0 Å². The van der Waals surface area contributed by atoms with Crippen LogP contribution in [-0.2, 0) is 9.47 Å². The maximum atomic E-state index is 5.37. The van der Waals surface area contributed by atoms with Crippen molar-refractivity contribution in [1.82, 2.24) is 9.89 Å². The summed E-state index contributed by atoms with van der Waals surface area (Å²) in [5.74, 6) is 0.625. The molecule has 1 aliphatic heterocycles. The van der Waals surface area contributed by atoms with E-state index in [1.54, 1.807) is 24.4 Å². The topological polar surface area (TPSA) is 51.9 Å². The van der Waals surface area contributed by atoms with Crippen molar-refractivity contribution in [3.8, 4) is 0 Å². The molecule has 0 fully saturated rings. The lowest BCUT2D eigenvalue weighted by Crippen LogP contribution is -2.35. The fourth-order valence-corrected chi connectivity index (χ4v) is 1.27. The highest BCUT2D eigenvalue weighted by atomic mass is 16.5. The summed E-state index contributed by atoms with van der Waals surface area (Å²) in [5, 5.41) is 5.97. The SMILES string of the molecule is COCCOC1=CCN(n2cccn2)C=N1. The van der Waals surface area contributed by atoms with E-state index in [0.717, 1.165) is 0 Å². The molecule has 0 radical (unpaired) electrons. The quantitative estimate of drug-likeness (QED) is 0.675. The zero-order valence-corrected chi connectivity index (χ0v) is 9.11. The maximum absolute atomic E-state index is 5.37. The molecule has 0 aromatic carbocycles. The number of ether oxygens (including phenoxy) is 2. The predicted molar refractivity (Wildman–Crippen MR) is 59.7 cm³/mol. The van der Waals surface area contributed by atoms with Gasteiger partial charge in [-0.1, -0.05) is 0 Å². The van der Waals surface area contributed by atoms with Gasteiger partial charge in [-0.15, -0.1) is 0 Å². The first kappa shape index (κ1) is 10.7. The lowest BCUT2D eigenvalue weighted by molar-refractivity contribution is 0.108. The summed E-state index contributed by atoms with van der Waals surface area (Å²) in [7, 11) is 1.64. The van der Waals surface area contributed by atoms with E-state index in [1.807, 2.05) is 23.3 Å². The highest BCUT2D eigenvalue weighted by molar-refractivity contribution is 5.69. The lowest BCUT2D eigenvalue weighted by atomic mass is 10.5. The Kier molecular flexibility index (Phi) is 3.55. The fourth-order valence-electron chi connectivity index (χ4n) is 1.27. The average Bonchev–Trinajstić information content (AvgIpc) is 2.84. The van der Waals surface area contributed by atoms with Crippen molar-refractivity contribution in [3.05, 3.63) is 30.4 Å². The summed E-state index contributed by atoms with van der Waals surface area (Å²) in [6, 6.07) is 1.86. The zero-order valence-electron chi connectivity index (χ0n) is 9.11. The molecule has 2 heterocycles. The summed E-state index contributed by atoms with van der Waals surface area (Å²) < 4.78 is 10.3. The van der Waals surface area contributed by atoms with Crippen LogP contribution in [0, 0.1) is 0 Å². The molecule has 0 bridgehead atoms. The van der Waals surface area contributed by atoms with Gasteiger partial charge < -0.3 is 9.47 Å². The van der Waals surface area contributed by atoms with Gasteiger partial charge in [0.25, 0.3) is 0 Å². The van der Waals surface area contributed by atoms with Gasteiger partial charge in [-0.25, -0.2) is 4.99 Å². The number of nitrogens with zero attached hydrogens (tertiary/aromatic N) is 4. The van der Waals surface area contributed by atoms with Gasteiger partial charge in [-0.2, -0.15) is 9.89 Å². The molecule has 6 nitrogen and oxygen atoms in total. The fraction of sp³-hybridized carbons (Fsp3) is 0.400. The molecule has 16 heavy (non-hydrogen) atoms. The molecule has 0 saturated heterocycles. The van der Waals surface area contributed by atoms with Crippen LogP contribution in [0.4, 0.5) is 0 Å². The van der Waals surface area contributed by atoms with E-state index in [4.69, 9.17) is 9.47 Å². The number of methoxy groups -OCH3 is 1. The van der Waals surface area contributed by atoms with Gasteiger partial charge in [0, 0.05) is 13.3 Å². The van der Waals surface area contributed by atoms with E-state index in [1.165, 1.54) is 0 Å². The van der Waals surface area contributed by atoms with Gasteiger partial charge in [-0.3, -0.25) is 5.01 Å². The van der Waals surface area contributed by atoms with Gasteiger partial charge in [0.2, 0.25) is 5.88 Å². The van der Waals surface area contributed by atoms with E-state index in [0.29, 0.717) is 25.6 Å². The number of hydrogen-bond acceptors (Lipinski definition) is 5. The van der Waals surface area contributed by atoms with Crippen LogP contribution in [0.15, 0.2) is 35.4 Å². The second kappa shape index (κ2) is 5.32. The number of hydrogen-bond donors (Lipinski definition) is 0. The van der Waals surface area contributed by atoms with Crippen molar-refractivity contribution < 1.29 is 9.47 Å². The maximum Gasteiger partial charge on any atom is 0.212 e. The molecular formula is C10H14N4O2. The molecule has 2 rings (SSSR count). The molecule has 0 N–H and O–H groups in total. The van der Waals surface area contributed by atoms with E-state index >= 15 is 0 Å². The van der Waals surface area contributed by atoms with Gasteiger partial charge in [-0.05, 0) is 12.1 Å². The number of aliphatic imine (C=N–C) groups is 1. The zero-order chi connectivity index (χ0) is 11.2. The van der Waals surface area contributed by atoms with Gasteiger partial charge in [0.1, 0.15) is 12.9 Å². The molecule has 0 amide bonds. The first-order valence-corrected chi connectivity index (χ1v) is 5.03. The Labute approximate surface area is 93.8 Å². The average molecular weight is 222 g/mol. The van der Waals surface area contributed by atoms with Crippen molar-refractivity contribution >= 4 is 6.34 Å². The first-order valence-electron chi connectivity index (χ1n) is 5.03.